The molecule has 0 unspecified atom stereocenters. The lowest BCUT2D eigenvalue weighted by Gasteiger charge is -1.89. The number of hydrogen-bond donors (Lipinski definition) is 0. The Labute approximate surface area is 79.8 Å². The Morgan fingerprint density at radius 2 is 2.36 bits per heavy atom. The average Bonchev–Trinajstić information content (AvgIpc) is 2.68. The van der Waals surface area contributed by atoms with Crippen molar-refractivity contribution in [2.24, 2.45) is 0 Å². The summed E-state index contributed by atoms with van der Waals surface area (Å²) in [5, 5.41) is 3.66. The third kappa shape index (κ3) is 1.52. The minimum absolute atomic E-state index is 0.0175. The van der Waals surface area contributed by atoms with E-state index in [4.69, 9.17) is 4.52 Å². The van der Waals surface area contributed by atoms with Crippen molar-refractivity contribution >= 4 is 5.78 Å². The fraction of sp³-hybridized carbons (Fsp3) is 0.111. The molecule has 0 N–H and O–H groups in total. The second-order valence-electron chi connectivity index (χ2n) is 2.72. The van der Waals surface area contributed by atoms with E-state index in [-0.39, 0.29) is 11.7 Å². The van der Waals surface area contributed by atoms with Gasteiger partial charge in [0.25, 0.3) is 5.89 Å². The largest absolute Gasteiger partial charge is 0.330 e. The Morgan fingerprint density at radius 1 is 1.50 bits per heavy atom. The summed E-state index contributed by atoms with van der Waals surface area (Å²) in [4.78, 5) is 18.7. The van der Waals surface area contributed by atoms with Crippen molar-refractivity contribution in [3.8, 4) is 11.4 Å². The van der Waals surface area contributed by atoms with Crippen LogP contribution < -0.4 is 0 Å². The quantitative estimate of drug-likeness (QED) is 0.666. The van der Waals surface area contributed by atoms with Crippen LogP contribution in [0.5, 0.6) is 0 Å². The van der Waals surface area contributed by atoms with Gasteiger partial charge in [0.2, 0.25) is 11.6 Å². The van der Waals surface area contributed by atoms with Crippen molar-refractivity contribution in [3.63, 3.8) is 0 Å². The molecule has 5 heteroatoms. The van der Waals surface area contributed by atoms with Crippen molar-refractivity contribution in [2.75, 3.05) is 0 Å². The zero-order chi connectivity index (χ0) is 9.97. The fourth-order valence-corrected chi connectivity index (χ4v) is 0.979. The van der Waals surface area contributed by atoms with Crippen LogP contribution in [0, 0.1) is 0 Å². The zero-order valence-electron chi connectivity index (χ0n) is 7.47. The normalized spacial score (nSPS) is 10.1. The molecule has 0 spiro atoms. The van der Waals surface area contributed by atoms with Gasteiger partial charge in [-0.25, -0.2) is 0 Å². The monoisotopic (exact) mass is 189 g/mol. The molecule has 14 heavy (non-hydrogen) atoms. The number of aromatic nitrogens is 3. The lowest BCUT2D eigenvalue weighted by molar-refractivity contribution is 0.0972. The zero-order valence-corrected chi connectivity index (χ0v) is 7.47. The molecule has 0 radical (unpaired) electrons. The number of rotatable bonds is 2. The first-order valence-corrected chi connectivity index (χ1v) is 4.02. The molecule has 0 aliphatic carbocycles. The minimum atomic E-state index is -0.243. The average molecular weight is 189 g/mol. The van der Waals surface area contributed by atoms with Gasteiger partial charge in [-0.2, -0.15) is 4.98 Å². The highest BCUT2D eigenvalue weighted by Crippen LogP contribution is 2.13. The molecule has 0 atom stereocenters. The van der Waals surface area contributed by atoms with Gasteiger partial charge in [0.15, 0.2) is 0 Å². The number of ketones is 1. The van der Waals surface area contributed by atoms with Crippen molar-refractivity contribution < 1.29 is 9.32 Å². The summed E-state index contributed by atoms with van der Waals surface area (Å²) in [5.74, 6) is 0.153. The highest BCUT2D eigenvalue weighted by molar-refractivity contribution is 5.89. The van der Waals surface area contributed by atoms with Crippen LogP contribution in [0.15, 0.2) is 29.0 Å². The third-order valence-electron chi connectivity index (χ3n) is 1.65. The number of pyridine rings is 1. The summed E-state index contributed by atoms with van der Waals surface area (Å²) in [6.45, 7) is 1.38. The van der Waals surface area contributed by atoms with E-state index < -0.39 is 0 Å². The first-order valence-electron chi connectivity index (χ1n) is 4.02. The minimum Gasteiger partial charge on any atom is -0.330 e. The molecule has 2 rings (SSSR count). The van der Waals surface area contributed by atoms with Crippen LogP contribution in [0.25, 0.3) is 11.4 Å². The van der Waals surface area contributed by atoms with E-state index in [1.165, 1.54) is 6.92 Å². The molecule has 70 valence electrons. The molecule has 0 aromatic carbocycles. The second kappa shape index (κ2) is 3.37. The SMILES string of the molecule is CC(=O)c1nc(-c2cccnc2)no1. The molecule has 0 saturated carbocycles. The summed E-state index contributed by atoms with van der Waals surface area (Å²) in [6.07, 6.45) is 3.25. The molecule has 2 heterocycles. The van der Waals surface area contributed by atoms with Gasteiger partial charge in [-0.05, 0) is 12.1 Å². The Balaban J connectivity index is 2.39. The van der Waals surface area contributed by atoms with E-state index in [0.717, 1.165) is 5.56 Å². The van der Waals surface area contributed by atoms with Gasteiger partial charge in [-0.15, -0.1) is 0 Å². The van der Waals surface area contributed by atoms with Crippen molar-refractivity contribution in [1.29, 1.82) is 0 Å². The highest BCUT2D eigenvalue weighted by atomic mass is 16.5. The third-order valence-corrected chi connectivity index (χ3v) is 1.65. The highest BCUT2D eigenvalue weighted by Gasteiger charge is 2.11. The predicted molar refractivity (Wildman–Crippen MR) is 47.5 cm³/mol. The van der Waals surface area contributed by atoms with Crippen LogP contribution in [0.3, 0.4) is 0 Å². The van der Waals surface area contributed by atoms with Crippen LogP contribution in [0.1, 0.15) is 17.6 Å². The molecule has 0 fully saturated rings. The molecule has 0 aliphatic rings. The van der Waals surface area contributed by atoms with Gasteiger partial charge in [0.1, 0.15) is 0 Å². The van der Waals surface area contributed by atoms with E-state index in [9.17, 15) is 4.79 Å². The standard InChI is InChI=1S/C9H7N3O2/c1-6(13)9-11-8(12-14-9)7-3-2-4-10-5-7/h2-5H,1H3. The summed E-state index contributed by atoms with van der Waals surface area (Å²) < 4.78 is 4.74. The Bertz CT molecular complexity index is 450. The molecule has 0 amide bonds. The van der Waals surface area contributed by atoms with E-state index in [0.29, 0.717) is 5.82 Å². The molecule has 2 aromatic rings. The smallest absolute Gasteiger partial charge is 0.294 e. The van der Waals surface area contributed by atoms with E-state index in [2.05, 4.69) is 15.1 Å². The summed E-state index contributed by atoms with van der Waals surface area (Å²) in [6, 6.07) is 3.56. The summed E-state index contributed by atoms with van der Waals surface area (Å²) in [5.41, 5.74) is 0.726. The molecule has 5 nitrogen and oxygen atoms in total. The van der Waals surface area contributed by atoms with Crippen LogP contribution in [-0.4, -0.2) is 20.9 Å². The first kappa shape index (κ1) is 8.55. The first-order chi connectivity index (χ1) is 6.77. The van der Waals surface area contributed by atoms with Gasteiger partial charge < -0.3 is 4.52 Å². The molecular formula is C9H7N3O2. The predicted octanol–water partition coefficient (Wildman–Crippen LogP) is 1.33. The fourth-order valence-electron chi connectivity index (χ4n) is 0.979. The Hall–Kier alpha value is -2.04. The maximum atomic E-state index is 10.9. The van der Waals surface area contributed by atoms with Crippen LogP contribution in [0.2, 0.25) is 0 Å². The number of hydrogen-bond acceptors (Lipinski definition) is 5. The summed E-state index contributed by atoms with van der Waals surface area (Å²) in [7, 11) is 0. The molecular weight excluding hydrogens is 182 g/mol. The van der Waals surface area contributed by atoms with Crippen molar-refractivity contribution in [3.05, 3.63) is 30.4 Å². The van der Waals surface area contributed by atoms with Crippen LogP contribution >= 0.6 is 0 Å². The molecule has 0 bridgehead atoms. The Morgan fingerprint density at radius 3 is 2.93 bits per heavy atom. The lowest BCUT2D eigenvalue weighted by Crippen LogP contribution is -1.91. The topological polar surface area (TPSA) is 68.9 Å². The van der Waals surface area contributed by atoms with Crippen LogP contribution in [-0.2, 0) is 0 Å². The number of carbonyl (C=O) groups excluding carboxylic acids is 1. The Kier molecular flexibility index (Phi) is 2.06. The number of carbonyl (C=O) groups is 1. The molecule has 0 saturated heterocycles. The summed E-state index contributed by atoms with van der Waals surface area (Å²) >= 11 is 0. The number of Topliss-reactive ketones (excluding diaryl/α,β-unsaturated/α-hetero) is 1. The van der Waals surface area contributed by atoms with Gasteiger partial charge in [-0.1, -0.05) is 5.16 Å². The molecule has 0 aliphatic heterocycles. The van der Waals surface area contributed by atoms with E-state index in [1.807, 2.05) is 0 Å². The van der Waals surface area contributed by atoms with Crippen molar-refractivity contribution in [2.45, 2.75) is 6.92 Å². The van der Waals surface area contributed by atoms with Crippen LogP contribution in [0.4, 0.5) is 0 Å². The maximum absolute atomic E-state index is 10.9. The van der Waals surface area contributed by atoms with Gasteiger partial charge in [-0.3, -0.25) is 9.78 Å². The van der Waals surface area contributed by atoms with Gasteiger partial charge >= 0.3 is 0 Å². The van der Waals surface area contributed by atoms with E-state index in [1.54, 1.807) is 24.5 Å². The number of nitrogens with zero attached hydrogens (tertiary/aromatic N) is 3. The van der Waals surface area contributed by atoms with E-state index >= 15 is 0 Å². The molecule has 2 aromatic heterocycles. The second-order valence-corrected chi connectivity index (χ2v) is 2.72. The maximum Gasteiger partial charge on any atom is 0.294 e. The van der Waals surface area contributed by atoms with Gasteiger partial charge in [0, 0.05) is 24.9 Å². The lowest BCUT2D eigenvalue weighted by atomic mass is 10.3. The van der Waals surface area contributed by atoms with Gasteiger partial charge in [0.05, 0.1) is 0 Å². The van der Waals surface area contributed by atoms with Crippen molar-refractivity contribution in [1.82, 2.24) is 15.1 Å².